The summed E-state index contributed by atoms with van der Waals surface area (Å²) in [7, 11) is 0. The summed E-state index contributed by atoms with van der Waals surface area (Å²) in [6.45, 7) is 6.93. The van der Waals surface area contributed by atoms with Crippen molar-refractivity contribution < 1.29 is 0 Å². The van der Waals surface area contributed by atoms with Gasteiger partial charge in [0.15, 0.2) is 0 Å². The molecule has 0 amide bonds. The zero-order valence-corrected chi connectivity index (χ0v) is 11.4. The fraction of sp³-hybridized carbons (Fsp3) is 0.625. The van der Waals surface area contributed by atoms with E-state index in [1.165, 1.54) is 50.0 Å². The molecule has 18 heavy (non-hydrogen) atoms. The number of nitrogens with zero attached hydrogens (tertiary/aromatic N) is 1. The van der Waals surface area contributed by atoms with E-state index >= 15 is 0 Å². The molecular weight excluding hydrogens is 220 g/mol. The van der Waals surface area contributed by atoms with Crippen LogP contribution in [0.1, 0.15) is 30.4 Å². The van der Waals surface area contributed by atoms with Gasteiger partial charge in [0.1, 0.15) is 0 Å². The van der Waals surface area contributed by atoms with Crippen molar-refractivity contribution in [1.29, 1.82) is 0 Å². The standard InChI is InChI=1S/C16H24N2/c1-13-4-7-16-15(11-13)3-2-9-18(16)10-8-17-12-14-5-6-14/h4,7,11,14,17H,2-3,5-6,8-10,12H2,1H3. The Hall–Kier alpha value is -1.02. The molecule has 1 N–H and O–H groups in total. The van der Waals surface area contributed by atoms with Crippen LogP contribution in [-0.4, -0.2) is 26.2 Å². The van der Waals surface area contributed by atoms with Crippen LogP contribution in [-0.2, 0) is 6.42 Å². The van der Waals surface area contributed by atoms with Gasteiger partial charge in [-0.25, -0.2) is 0 Å². The molecule has 1 aromatic rings. The van der Waals surface area contributed by atoms with Crippen molar-refractivity contribution in [2.75, 3.05) is 31.1 Å². The van der Waals surface area contributed by atoms with Crippen LogP contribution in [0.4, 0.5) is 5.69 Å². The first-order chi connectivity index (χ1) is 8.83. The second-order valence-corrected chi connectivity index (χ2v) is 5.87. The van der Waals surface area contributed by atoms with Gasteiger partial charge in [-0.15, -0.1) is 0 Å². The molecule has 0 aromatic heterocycles. The Balaban J connectivity index is 1.56. The lowest BCUT2D eigenvalue weighted by Gasteiger charge is -2.31. The van der Waals surface area contributed by atoms with Gasteiger partial charge in [-0.1, -0.05) is 17.7 Å². The minimum absolute atomic E-state index is 0.987. The van der Waals surface area contributed by atoms with Gasteiger partial charge in [0.25, 0.3) is 0 Å². The molecule has 1 saturated carbocycles. The van der Waals surface area contributed by atoms with E-state index < -0.39 is 0 Å². The van der Waals surface area contributed by atoms with E-state index in [0.29, 0.717) is 0 Å². The maximum atomic E-state index is 3.60. The lowest BCUT2D eigenvalue weighted by molar-refractivity contribution is 0.607. The SMILES string of the molecule is Cc1ccc2c(c1)CCCN2CCNCC1CC1. The average molecular weight is 244 g/mol. The van der Waals surface area contributed by atoms with Crippen molar-refractivity contribution in [2.24, 2.45) is 5.92 Å². The molecule has 1 fully saturated rings. The van der Waals surface area contributed by atoms with Gasteiger partial charge >= 0.3 is 0 Å². The molecule has 1 aliphatic heterocycles. The smallest absolute Gasteiger partial charge is 0.0399 e. The lowest BCUT2D eigenvalue weighted by Crippen LogP contribution is -2.36. The highest BCUT2D eigenvalue weighted by Crippen LogP contribution is 2.28. The van der Waals surface area contributed by atoms with Gasteiger partial charge < -0.3 is 10.2 Å². The van der Waals surface area contributed by atoms with Crippen molar-refractivity contribution >= 4 is 5.69 Å². The van der Waals surface area contributed by atoms with E-state index in [1.54, 1.807) is 5.56 Å². The quantitative estimate of drug-likeness (QED) is 0.801. The van der Waals surface area contributed by atoms with Crippen molar-refractivity contribution in [3.63, 3.8) is 0 Å². The largest absolute Gasteiger partial charge is 0.370 e. The first-order valence-electron chi connectivity index (χ1n) is 7.38. The van der Waals surface area contributed by atoms with Gasteiger partial charge in [-0.3, -0.25) is 0 Å². The topological polar surface area (TPSA) is 15.3 Å². The van der Waals surface area contributed by atoms with Gasteiger partial charge in [0, 0.05) is 25.3 Å². The highest BCUT2D eigenvalue weighted by molar-refractivity contribution is 5.56. The maximum absolute atomic E-state index is 3.60. The molecule has 0 bridgehead atoms. The van der Waals surface area contributed by atoms with Gasteiger partial charge in [-0.2, -0.15) is 0 Å². The Kier molecular flexibility index (Phi) is 3.55. The summed E-state index contributed by atoms with van der Waals surface area (Å²) in [5.74, 6) is 0.987. The van der Waals surface area contributed by atoms with Crippen LogP contribution in [0.5, 0.6) is 0 Å². The van der Waals surface area contributed by atoms with E-state index in [9.17, 15) is 0 Å². The summed E-state index contributed by atoms with van der Waals surface area (Å²) in [5, 5.41) is 3.60. The Morgan fingerprint density at radius 3 is 3.06 bits per heavy atom. The van der Waals surface area contributed by atoms with Crippen molar-refractivity contribution in [3.8, 4) is 0 Å². The fourth-order valence-electron chi connectivity index (χ4n) is 2.88. The van der Waals surface area contributed by atoms with E-state index in [0.717, 1.165) is 19.0 Å². The minimum Gasteiger partial charge on any atom is -0.370 e. The normalized spacial score (nSPS) is 18.8. The summed E-state index contributed by atoms with van der Waals surface area (Å²) >= 11 is 0. The van der Waals surface area contributed by atoms with Gasteiger partial charge in [0.2, 0.25) is 0 Å². The van der Waals surface area contributed by atoms with Crippen LogP contribution in [0, 0.1) is 12.8 Å². The Bertz CT molecular complexity index is 410. The number of benzene rings is 1. The maximum Gasteiger partial charge on any atom is 0.0399 e. The highest BCUT2D eigenvalue weighted by atomic mass is 15.1. The zero-order valence-electron chi connectivity index (χ0n) is 11.4. The fourth-order valence-corrected chi connectivity index (χ4v) is 2.88. The molecule has 2 heteroatoms. The molecule has 98 valence electrons. The monoisotopic (exact) mass is 244 g/mol. The highest BCUT2D eigenvalue weighted by Gasteiger charge is 2.20. The van der Waals surface area contributed by atoms with Crippen LogP contribution in [0.15, 0.2) is 18.2 Å². The van der Waals surface area contributed by atoms with Gasteiger partial charge in [-0.05, 0) is 56.7 Å². The van der Waals surface area contributed by atoms with Crippen molar-refractivity contribution in [2.45, 2.75) is 32.6 Å². The average Bonchev–Trinajstić information content (AvgIpc) is 3.18. The molecule has 0 spiro atoms. The number of rotatable bonds is 5. The molecule has 0 atom stereocenters. The summed E-state index contributed by atoms with van der Waals surface area (Å²) in [4.78, 5) is 2.55. The van der Waals surface area contributed by atoms with E-state index in [2.05, 4.69) is 35.3 Å². The third-order valence-corrected chi connectivity index (χ3v) is 4.14. The Morgan fingerprint density at radius 1 is 1.33 bits per heavy atom. The second-order valence-electron chi connectivity index (χ2n) is 5.87. The zero-order chi connectivity index (χ0) is 12.4. The number of nitrogens with one attached hydrogen (secondary N) is 1. The Morgan fingerprint density at radius 2 is 2.22 bits per heavy atom. The minimum atomic E-state index is 0.987. The molecule has 0 saturated heterocycles. The lowest BCUT2D eigenvalue weighted by atomic mass is 10.00. The number of hydrogen-bond acceptors (Lipinski definition) is 2. The molecule has 0 unspecified atom stereocenters. The van der Waals surface area contributed by atoms with E-state index in [-0.39, 0.29) is 0 Å². The molecule has 1 aromatic carbocycles. The van der Waals surface area contributed by atoms with Crippen LogP contribution < -0.4 is 10.2 Å². The van der Waals surface area contributed by atoms with Crippen LogP contribution in [0.3, 0.4) is 0 Å². The molecule has 0 radical (unpaired) electrons. The number of aryl methyl sites for hydroxylation is 2. The van der Waals surface area contributed by atoms with E-state index in [4.69, 9.17) is 0 Å². The number of hydrogen-bond donors (Lipinski definition) is 1. The Labute approximate surface area is 110 Å². The summed E-state index contributed by atoms with van der Waals surface area (Å²) in [6, 6.07) is 6.92. The second kappa shape index (κ2) is 5.31. The predicted octanol–water partition coefficient (Wildman–Crippen LogP) is 2.75. The van der Waals surface area contributed by atoms with Crippen LogP contribution >= 0.6 is 0 Å². The van der Waals surface area contributed by atoms with Crippen molar-refractivity contribution in [3.05, 3.63) is 29.3 Å². The van der Waals surface area contributed by atoms with Crippen LogP contribution in [0.2, 0.25) is 0 Å². The first kappa shape index (κ1) is 12.0. The summed E-state index contributed by atoms with van der Waals surface area (Å²) in [6.07, 6.45) is 5.44. The van der Waals surface area contributed by atoms with Crippen molar-refractivity contribution in [1.82, 2.24) is 5.32 Å². The molecule has 3 rings (SSSR count). The third kappa shape index (κ3) is 2.86. The molecule has 1 heterocycles. The first-order valence-corrected chi connectivity index (χ1v) is 7.38. The summed E-state index contributed by atoms with van der Waals surface area (Å²) in [5.41, 5.74) is 4.41. The van der Waals surface area contributed by atoms with E-state index in [1.807, 2.05) is 0 Å². The number of fused-ring (bicyclic) bond motifs is 1. The third-order valence-electron chi connectivity index (χ3n) is 4.14. The number of anilines is 1. The predicted molar refractivity (Wildman–Crippen MR) is 77.3 cm³/mol. The summed E-state index contributed by atoms with van der Waals surface area (Å²) < 4.78 is 0. The molecule has 1 aliphatic carbocycles. The molecular formula is C16H24N2. The molecule has 2 aliphatic rings. The molecule has 2 nitrogen and oxygen atoms in total. The van der Waals surface area contributed by atoms with Crippen LogP contribution in [0.25, 0.3) is 0 Å². The van der Waals surface area contributed by atoms with Gasteiger partial charge in [0.05, 0.1) is 0 Å².